The van der Waals surface area contributed by atoms with Crippen molar-refractivity contribution in [2.24, 2.45) is 7.05 Å². The van der Waals surface area contributed by atoms with Gasteiger partial charge in [0.15, 0.2) is 0 Å². The summed E-state index contributed by atoms with van der Waals surface area (Å²) in [7, 11) is 1.95. The van der Waals surface area contributed by atoms with Crippen LogP contribution in [0.1, 0.15) is 24.6 Å². The molecule has 0 radical (unpaired) electrons. The number of morpholine rings is 1. The Morgan fingerprint density at radius 2 is 2.08 bits per heavy atom. The molecule has 0 unspecified atom stereocenters. The Bertz CT molecular complexity index is 650. The zero-order valence-electron chi connectivity index (χ0n) is 14.5. The molecule has 1 aliphatic rings. The lowest BCUT2D eigenvalue weighted by Gasteiger charge is -2.27. The molecule has 7 heteroatoms. The summed E-state index contributed by atoms with van der Waals surface area (Å²) < 4.78 is 7.25. The summed E-state index contributed by atoms with van der Waals surface area (Å²) in [6.45, 7) is 6.21. The highest BCUT2D eigenvalue weighted by Gasteiger charge is 2.15. The maximum absolute atomic E-state index is 5.41. The van der Waals surface area contributed by atoms with Crippen LogP contribution in [0.4, 0.5) is 11.8 Å². The third-order valence-corrected chi connectivity index (χ3v) is 4.13. The van der Waals surface area contributed by atoms with Crippen LogP contribution >= 0.6 is 0 Å². The quantitative estimate of drug-likeness (QED) is 0.779. The fraction of sp³-hybridized carbons (Fsp3) is 0.588. The van der Waals surface area contributed by atoms with Gasteiger partial charge in [0.05, 0.1) is 19.4 Å². The minimum absolute atomic E-state index is 0.744. The first kappa shape index (κ1) is 16.7. The second-order valence-corrected chi connectivity index (χ2v) is 6.05. The van der Waals surface area contributed by atoms with Gasteiger partial charge < -0.3 is 15.0 Å². The van der Waals surface area contributed by atoms with Crippen LogP contribution in [0.25, 0.3) is 0 Å². The molecule has 1 aliphatic heterocycles. The monoisotopic (exact) mass is 330 g/mol. The zero-order chi connectivity index (χ0) is 16.8. The van der Waals surface area contributed by atoms with Crippen LogP contribution in [-0.2, 0) is 24.6 Å². The molecule has 0 bridgehead atoms. The van der Waals surface area contributed by atoms with E-state index in [2.05, 4.69) is 38.4 Å². The maximum Gasteiger partial charge on any atom is 0.227 e. The van der Waals surface area contributed by atoms with Gasteiger partial charge in [-0.2, -0.15) is 10.1 Å². The molecule has 130 valence electrons. The van der Waals surface area contributed by atoms with Crippen molar-refractivity contribution >= 4 is 11.8 Å². The van der Waals surface area contributed by atoms with Gasteiger partial charge in [-0.15, -0.1) is 0 Å². The molecule has 3 heterocycles. The van der Waals surface area contributed by atoms with E-state index >= 15 is 0 Å². The van der Waals surface area contributed by atoms with Gasteiger partial charge in [0, 0.05) is 44.6 Å². The smallest absolute Gasteiger partial charge is 0.227 e. The van der Waals surface area contributed by atoms with E-state index in [0.717, 1.165) is 69.6 Å². The van der Waals surface area contributed by atoms with Crippen molar-refractivity contribution in [1.29, 1.82) is 0 Å². The van der Waals surface area contributed by atoms with Crippen molar-refractivity contribution in [2.75, 3.05) is 43.1 Å². The molecule has 0 amide bonds. The number of hydrogen-bond donors (Lipinski definition) is 1. The van der Waals surface area contributed by atoms with E-state index in [9.17, 15) is 0 Å². The van der Waals surface area contributed by atoms with Gasteiger partial charge in [0.25, 0.3) is 0 Å². The molecular weight excluding hydrogens is 304 g/mol. The van der Waals surface area contributed by atoms with Crippen molar-refractivity contribution in [2.45, 2.75) is 26.2 Å². The van der Waals surface area contributed by atoms with Crippen molar-refractivity contribution < 1.29 is 4.74 Å². The third-order valence-electron chi connectivity index (χ3n) is 4.13. The van der Waals surface area contributed by atoms with Crippen molar-refractivity contribution in [3.05, 3.63) is 29.7 Å². The molecule has 0 aromatic carbocycles. The fourth-order valence-corrected chi connectivity index (χ4v) is 2.77. The second kappa shape index (κ2) is 8.10. The predicted octanol–water partition coefficient (Wildman–Crippen LogP) is 1.65. The number of ether oxygens (including phenoxy) is 1. The summed E-state index contributed by atoms with van der Waals surface area (Å²) in [5, 5.41) is 7.64. The van der Waals surface area contributed by atoms with Crippen LogP contribution in [0.15, 0.2) is 18.5 Å². The van der Waals surface area contributed by atoms with Crippen LogP contribution in [-0.4, -0.2) is 52.6 Å². The number of aromatic nitrogens is 4. The zero-order valence-corrected chi connectivity index (χ0v) is 14.5. The lowest BCUT2D eigenvalue weighted by atomic mass is 10.2. The molecule has 0 atom stereocenters. The fourth-order valence-electron chi connectivity index (χ4n) is 2.77. The Labute approximate surface area is 143 Å². The molecule has 1 N–H and O–H groups in total. The van der Waals surface area contributed by atoms with E-state index in [1.165, 1.54) is 5.56 Å². The van der Waals surface area contributed by atoms with Crippen molar-refractivity contribution in [3.8, 4) is 0 Å². The van der Waals surface area contributed by atoms with E-state index < -0.39 is 0 Å². The van der Waals surface area contributed by atoms with Gasteiger partial charge in [-0.05, 0) is 24.8 Å². The summed E-state index contributed by atoms with van der Waals surface area (Å²) >= 11 is 0. The highest BCUT2D eigenvalue weighted by molar-refractivity contribution is 5.44. The molecule has 24 heavy (non-hydrogen) atoms. The normalized spacial score (nSPS) is 14.8. The van der Waals surface area contributed by atoms with Gasteiger partial charge in [-0.3, -0.25) is 4.68 Å². The molecule has 3 rings (SSSR count). The largest absolute Gasteiger partial charge is 0.378 e. The number of hydrogen-bond acceptors (Lipinski definition) is 6. The summed E-state index contributed by atoms with van der Waals surface area (Å²) in [5.74, 6) is 1.72. The molecule has 0 saturated carbocycles. The summed E-state index contributed by atoms with van der Waals surface area (Å²) in [6, 6.07) is 2.05. The van der Waals surface area contributed by atoms with Crippen molar-refractivity contribution in [1.82, 2.24) is 19.7 Å². The number of nitrogens with one attached hydrogen (secondary N) is 1. The summed E-state index contributed by atoms with van der Waals surface area (Å²) in [5.41, 5.74) is 2.34. The molecule has 0 spiro atoms. The van der Waals surface area contributed by atoms with E-state index in [1.807, 2.05) is 24.0 Å². The highest BCUT2D eigenvalue weighted by Crippen LogP contribution is 2.16. The van der Waals surface area contributed by atoms with Crippen LogP contribution in [0.3, 0.4) is 0 Å². The third kappa shape index (κ3) is 4.44. The average molecular weight is 330 g/mol. The molecule has 1 fully saturated rings. The van der Waals surface area contributed by atoms with Crippen LogP contribution < -0.4 is 10.2 Å². The predicted molar refractivity (Wildman–Crippen MR) is 94.5 cm³/mol. The van der Waals surface area contributed by atoms with Crippen LogP contribution in [0, 0.1) is 0 Å². The van der Waals surface area contributed by atoms with Gasteiger partial charge in [0.1, 0.15) is 5.82 Å². The summed E-state index contributed by atoms with van der Waals surface area (Å²) in [6.07, 6.45) is 6.96. The minimum atomic E-state index is 0.744. The van der Waals surface area contributed by atoms with Gasteiger partial charge >= 0.3 is 0 Å². The first-order valence-corrected chi connectivity index (χ1v) is 8.66. The SMILES string of the molecule is CCc1cc(NCCCc2cnn(C)c2)nc(N2CCOCC2)n1. The van der Waals surface area contributed by atoms with E-state index in [-0.39, 0.29) is 0 Å². The number of rotatable bonds is 7. The highest BCUT2D eigenvalue weighted by atomic mass is 16.5. The Balaban J connectivity index is 1.57. The average Bonchev–Trinajstić information content (AvgIpc) is 3.04. The van der Waals surface area contributed by atoms with Gasteiger partial charge in [-0.1, -0.05) is 6.92 Å². The first-order valence-electron chi connectivity index (χ1n) is 8.66. The topological polar surface area (TPSA) is 68.1 Å². The number of anilines is 2. The van der Waals surface area contributed by atoms with Gasteiger partial charge in [0.2, 0.25) is 5.95 Å². The van der Waals surface area contributed by atoms with Crippen LogP contribution in [0.5, 0.6) is 0 Å². The maximum atomic E-state index is 5.41. The number of nitrogens with zero attached hydrogens (tertiary/aromatic N) is 5. The Kier molecular flexibility index (Phi) is 5.63. The second-order valence-electron chi connectivity index (χ2n) is 6.05. The molecule has 2 aromatic heterocycles. The molecule has 1 saturated heterocycles. The number of aryl methyl sites for hydroxylation is 3. The molecule has 2 aromatic rings. The van der Waals surface area contributed by atoms with Crippen molar-refractivity contribution in [3.63, 3.8) is 0 Å². The van der Waals surface area contributed by atoms with E-state index in [0.29, 0.717) is 0 Å². The van der Waals surface area contributed by atoms with Crippen LogP contribution in [0.2, 0.25) is 0 Å². The summed E-state index contributed by atoms with van der Waals surface area (Å²) in [4.78, 5) is 11.5. The minimum Gasteiger partial charge on any atom is -0.378 e. The molecular formula is C17H26N6O. The molecule has 7 nitrogen and oxygen atoms in total. The Morgan fingerprint density at radius 3 is 2.79 bits per heavy atom. The lowest BCUT2D eigenvalue weighted by molar-refractivity contribution is 0.122. The lowest BCUT2D eigenvalue weighted by Crippen LogP contribution is -2.37. The first-order chi connectivity index (χ1) is 11.7. The van der Waals surface area contributed by atoms with E-state index in [1.54, 1.807) is 0 Å². The Hall–Kier alpha value is -2.15. The van der Waals surface area contributed by atoms with E-state index in [4.69, 9.17) is 4.74 Å². The Morgan fingerprint density at radius 1 is 1.25 bits per heavy atom. The molecule has 0 aliphatic carbocycles. The standard InChI is InChI=1S/C17H26N6O/c1-3-15-11-16(18-6-4-5-14-12-19-22(2)13-14)21-17(20-15)23-7-9-24-10-8-23/h11-13H,3-10H2,1-2H3,(H,18,20,21). The van der Waals surface area contributed by atoms with Gasteiger partial charge in [-0.25, -0.2) is 4.98 Å².